The molecule has 3 aromatic carbocycles. The van der Waals surface area contributed by atoms with E-state index in [1.807, 2.05) is 80.1 Å². The molecule has 0 saturated heterocycles. The predicted octanol–water partition coefficient (Wildman–Crippen LogP) is 4.96. The summed E-state index contributed by atoms with van der Waals surface area (Å²) in [5, 5.41) is 1.46. The number of aromatic nitrogens is 3. The molecule has 0 radical (unpaired) electrons. The summed E-state index contributed by atoms with van der Waals surface area (Å²) in [5.41, 5.74) is 4.77. The minimum atomic E-state index is -0.389. The van der Waals surface area contributed by atoms with Crippen molar-refractivity contribution in [2.75, 3.05) is 0 Å². The Morgan fingerprint density at radius 2 is 1.53 bits per heavy atom. The molecule has 2 heterocycles. The molecule has 0 atom stereocenters. The van der Waals surface area contributed by atoms with Gasteiger partial charge in [0.2, 0.25) is 0 Å². The number of fused-ring (bicyclic) bond motifs is 3. The number of nitrogens with zero attached hydrogens (tertiary/aromatic N) is 3. The Kier molecular flexibility index (Phi) is 4.79. The quantitative estimate of drug-likeness (QED) is 0.395. The van der Waals surface area contributed by atoms with Crippen LogP contribution in [-0.4, -0.2) is 13.7 Å². The first-order valence-corrected chi connectivity index (χ1v) is 10.8. The Morgan fingerprint density at radius 3 is 2.25 bits per heavy atom. The van der Waals surface area contributed by atoms with E-state index in [2.05, 4.69) is 0 Å². The lowest BCUT2D eigenvalue weighted by molar-refractivity contribution is 0.713. The molecule has 0 fully saturated rings. The van der Waals surface area contributed by atoms with Crippen LogP contribution in [0.1, 0.15) is 16.7 Å². The second-order valence-electron chi connectivity index (χ2n) is 8.21. The van der Waals surface area contributed by atoms with E-state index in [4.69, 9.17) is 11.6 Å². The lowest BCUT2D eigenvalue weighted by Gasteiger charge is -2.14. The van der Waals surface area contributed by atoms with Crippen LogP contribution in [0.25, 0.3) is 27.6 Å². The van der Waals surface area contributed by atoms with Crippen LogP contribution in [-0.2, 0) is 13.6 Å². The van der Waals surface area contributed by atoms with Gasteiger partial charge in [-0.2, -0.15) is 0 Å². The van der Waals surface area contributed by atoms with Crippen molar-refractivity contribution in [2.24, 2.45) is 7.05 Å². The molecule has 0 aliphatic carbocycles. The first-order chi connectivity index (χ1) is 15.4. The van der Waals surface area contributed by atoms with Crippen LogP contribution < -0.4 is 11.2 Å². The highest BCUT2D eigenvalue weighted by atomic mass is 35.5. The van der Waals surface area contributed by atoms with Crippen LogP contribution in [0.5, 0.6) is 0 Å². The predicted molar refractivity (Wildman–Crippen MR) is 130 cm³/mol. The Morgan fingerprint density at radius 1 is 0.844 bits per heavy atom. The van der Waals surface area contributed by atoms with Gasteiger partial charge >= 0.3 is 5.69 Å². The van der Waals surface area contributed by atoms with Crippen LogP contribution in [0.4, 0.5) is 0 Å². The smallest absolute Gasteiger partial charge is 0.336 e. The molecular weight excluding hydrogens is 422 g/mol. The van der Waals surface area contributed by atoms with E-state index in [1.165, 1.54) is 4.57 Å². The minimum absolute atomic E-state index is 0.258. The third kappa shape index (κ3) is 3.09. The molecule has 5 rings (SSSR count). The zero-order valence-corrected chi connectivity index (χ0v) is 18.8. The van der Waals surface area contributed by atoms with Crippen molar-refractivity contribution in [1.29, 1.82) is 0 Å². The fourth-order valence-corrected chi connectivity index (χ4v) is 4.53. The molecule has 0 aliphatic rings. The molecular formula is C26H22ClN3O2. The maximum absolute atomic E-state index is 13.8. The Bertz CT molecular complexity index is 1620. The van der Waals surface area contributed by atoms with Gasteiger partial charge in [0.25, 0.3) is 5.56 Å². The van der Waals surface area contributed by atoms with Gasteiger partial charge in [-0.15, -0.1) is 0 Å². The van der Waals surface area contributed by atoms with Crippen molar-refractivity contribution in [2.45, 2.75) is 20.4 Å². The lowest BCUT2D eigenvalue weighted by atomic mass is 10.1. The summed E-state index contributed by atoms with van der Waals surface area (Å²) in [6.07, 6.45) is 0. The van der Waals surface area contributed by atoms with Crippen molar-refractivity contribution in [3.63, 3.8) is 0 Å². The standard InChI is InChI=1S/C26H22ClN3O2/c1-16-8-11-19(12-9-16)30-25(31)24-23(20-14-17(2)10-13-22(20)28(24)3)29(26(30)32)15-18-6-4-5-7-21(18)27/h4-14H,15H2,1-3H3. The molecule has 32 heavy (non-hydrogen) atoms. The van der Waals surface area contributed by atoms with Crippen LogP contribution >= 0.6 is 11.6 Å². The summed E-state index contributed by atoms with van der Waals surface area (Å²) < 4.78 is 4.80. The Balaban J connectivity index is 1.96. The van der Waals surface area contributed by atoms with Crippen molar-refractivity contribution < 1.29 is 0 Å². The number of benzene rings is 3. The lowest BCUT2D eigenvalue weighted by Crippen LogP contribution is -2.39. The fourth-order valence-electron chi connectivity index (χ4n) is 4.33. The van der Waals surface area contributed by atoms with Crippen LogP contribution in [0.15, 0.2) is 76.3 Å². The van der Waals surface area contributed by atoms with E-state index >= 15 is 0 Å². The topological polar surface area (TPSA) is 48.9 Å². The fraction of sp³-hybridized carbons (Fsp3) is 0.154. The van der Waals surface area contributed by atoms with Gasteiger partial charge in [-0.3, -0.25) is 9.36 Å². The largest absolute Gasteiger partial charge is 0.338 e. The second kappa shape index (κ2) is 7.53. The molecule has 0 amide bonds. The molecule has 160 valence electrons. The van der Waals surface area contributed by atoms with Gasteiger partial charge in [0.05, 0.1) is 23.3 Å². The van der Waals surface area contributed by atoms with Crippen molar-refractivity contribution in [1.82, 2.24) is 13.7 Å². The first kappa shape index (κ1) is 20.3. The highest BCUT2D eigenvalue weighted by Crippen LogP contribution is 2.28. The zero-order valence-electron chi connectivity index (χ0n) is 18.1. The minimum Gasteiger partial charge on any atom is -0.338 e. The molecule has 0 spiro atoms. The van der Waals surface area contributed by atoms with Gasteiger partial charge in [0.15, 0.2) is 0 Å². The molecule has 0 N–H and O–H groups in total. The average Bonchev–Trinajstić information content (AvgIpc) is 3.05. The van der Waals surface area contributed by atoms with Gasteiger partial charge in [-0.05, 0) is 49.7 Å². The van der Waals surface area contributed by atoms with Gasteiger partial charge in [0, 0.05) is 17.5 Å². The second-order valence-corrected chi connectivity index (χ2v) is 8.62. The third-order valence-electron chi connectivity index (χ3n) is 6.00. The van der Waals surface area contributed by atoms with E-state index in [0.29, 0.717) is 21.7 Å². The number of hydrogen-bond donors (Lipinski definition) is 0. The number of hydrogen-bond acceptors (Lipinski definition) is 2. The molecule has 0 saturated carbocycles. The van der Waals surface area contributed by atoms with Crippen LogP contribution in [0, 0.1) is 13.8 Å². The normalized spacial score (nSPS) is 11.5. The summed E-state index contributed by atoms with van der Waals surface area (Å²) in [6.45, 7) is 4.23. The molecule has 0 unspecified atom stereocenters. The van der Waals surface area contributed by atoms with Crippen LogP contribution in [0.3, 0.4) is 0 Å². The summed E-state index contributed by atoms with van der Waals surface area (Å²) in [6, 6.07) is 20.9. The monoisotopic (exact) mass is 443 g/mol. The van der Waals surface area contributed by atoms with Gasteiger partial charge in [0.1, 0.15) is 5.52 Å². The van der Waals surface area contributed by atoms with E-state index in [0.717, 1.165) is 27.6 Å². The zero-order chi connectivity index (χ0) is 22.6. The van der Waals surface area contributed by atoms with Crippen molar-refractivity contribution >= 4 is 33.5 Å². The molecule has 6 heteroatoms. The van der Waals surface area contributed by atoms with Crippen molar-refractivity contribution in [3.05, 3.63) is 109 Å². The molecule has 0 bridgehead atoms. The maximum Gasteiger partial charge on any atom is 0.336 e. The van der Waals surface area contributed by atoms with E-state index in [1.54, 1.807) is 16.7 Å². The molecule has 5 aromatic rings. The molecule has 5 nitrogen and oxygen atoms in total. The highest BCUT2D eigenvalue weighted by molar-refractivity contribution is 6.31. The van der Waals surface area contributed by atoms with Crippen LogP contribution in [0.2, 0.25) is 5.02 Å². The third-order valence-corrected chi connectivity index (χ3v) is 6.37. The van der Waals surface area contributed by atoms with E-state index < -0.39 is 0 Å². The first-order valence-electron chi connectivity index (χ1n) is 10.4. The van der Waals surface area contributed by atoms with Gasteiger partial charge in [-0.25, -0.2) is 9.36 Å². The summed E-state index contributed by atoms with van der Waals surface area (Å²) in [5.74, 6) is 0. The summed E-state index contributed by atoms with van der Waals surface area (Å²) >= 11 is 6.44. The summed E-state index contributed by atoms with van der Waals surface area (Å²) in [7, 11) is 1.87. The molecule has 2 aromatic heterocycles. The molecule has 0 aliphatic heterocycles. The average molecular weight is 444 g/mol. The summed E-state index contributed by atoms with van der Waals surface area (Å²) in [4.78, 5) is 27.5. The van der Waals surface area contributed by atoms with Gasteiger partial charge < -0.3 is 4.57 Å². The Hall–Kier alpha value is -3.57. The van der Waals surface area contributed by atoms with E-state index in [9.17, 15) is 9.59 Å². The number of aryl methyl sites for hydroxylation is 3. The Labute approximate surface area is 189 Å². The van der Waals surface area contributed by atoms with Crippen molar-refractivity contribution in [3.8, 4) is 5.69 Å². The number of halogens is 1. The maximum atomic E-state index is 13.8. The van der Waals surface area contributed by atoms with E-state index in [-0.39, 0.29) is 17.8 Å². The SMILES string of the molecule is Cc1ccc(-n2c(=O)c3c(c4cc(C)ccc4n3C)n(Cc3ccccc3Cl)c2=O)cc1. The number of rotatable bonds is 3. The van der Waals surface area contributed by atoms with Gasteiger partial charge in [-0.1, -0.05) is 59.1 Å². The highest BCUT2D eigenvalue weighted by Gasteiger charge is 2.21.